The normalized spacial score (nSPS) is 16.7. The molecule has 1 aliphatic heterocycles. The van der Waals surface area contributed by atoms with Gasteiger partial charge in [-0.05, 0) is 48.8 Å². The number of nitrogens with zero attached hydrogens (tertiary/aromatic N) is 1. The number of piperidine rings is 1. The highest BCUT2D eigenvalue weighted by Gasteiger charge is 2.23. The van der Waals surface area contributed by atoms with Gasteiger partial charge in [-0.15, -0.1) is 0 Å². The van der Waals surface area contributed by atoms with E-state index in [1.54, 1.807) is 0 Å². The Bertz CT molecular complexity index is 433. The van der Waals surface area contributed by atoms with Gasteiger partial charge in [-0.3, -0.25) is 4.79 Å². The Hall–Kier alpha value is -1.38. The lowest BCUT2D eigenvalue weighted by Crippen LogP contribution is -2.39. The van der Waals surface area contributed by atoms with Crippen LogP contribution in [0, 0.1) is 17.7 Å². The van der Waals surface area contributed by atoms with E-state index in [0.717, 1.165) is 32.4 Å². The van der Waals surface area contributed by atoms with Crippen molar-refractivity contribution in [3.05, 3.63) is 35.6 Å². The van der Waals surface area contributed by atoms with E-state index in [-0.39, 0.29) is 5.82 Å². The molecule has 0 unspecified atom stereocenters. The van der Waals surface area contributed by atoms with E-state index in [1.807, 2.05) is 17.0 Å². The molecule has 0 N–H and O–H groups in total. The SMILES string of the molecule is CC(C)CC(=O)N1CCC(Cc2ccc(F)cc2)CC1. The zero-order chi connectivity index (χ0) is 14.5. The maximum Gasteiger partial charge on any atom is 0.222 e. The molecule has 1 heterocycles. The van der Waals surface area contributed by atoms with Crippen molar-refractivity contribution in [3.8, 4) is 0 Å². The zero-order valence-corrected chi connectivity index (χ0v) is 12.4. The van der Waals surface area contributed by atoms with Crippen LogP contribution in [0.3, 0.4) is 0 Å². The number of carbonyl (C=O) groups excluding carboxylic acids is 1. The van der Waals surface area contributed by atoms with E-state index in [4.69, 9.17) is 0 Å². The van der Waals surface area contributed by atoms with Crippen LogP contribution in [0.15, 0.2) is 24.3 Å². The average molecular weight is 277 g/mol. The largest absolute Gasteiger partial charge is 0.343 e. The second-order valence-electron chi connectivity index (χ2n) is 6.25. The number of benzene rings is 1. The van der Waals surface area contributed by atoms with Gasteiger partial charge in [0.25, 0.3) is 0 Å². The average Bonchev–Trinajstić information content (AvgIpc) is 2.41. The quantitative estimate of drug-likeness (QED) is 0.822. The minimum Gasteiger partial charge on any atom is -0.343 e. The molecule has 1 fully saturated rings. The van der Waals surface area contributed by atoms with Crippen LogP contribution in [-0.4, -0.2) is 23.9 Å². The first-order chi connectivity index (χ1) is 9.54. The summed E-state index contributed by atoms with van der Waals surface area (Å²) >= 11 is 0. The monoisotopic (exact) mass is 277 g/mol. The molecule has 2 nitrogen and oxygen atoms in total. The van der Waals surface area contributed by atoms with Gasteiger partial charge >= 0.3 is 0 Å². The topological polar surface area (TPSA) is 20.3 Å². The van der Waals surface area contributed by atoms with Gasteiger partial charge in [-0.25, -0.2) is 4.39 Å². The summed E-state index contributed by atoms with van der Waals surface area (Å²) in [6, 6.07) is 6.78. The van der Waals surface area contributed by atoms with Gasteiger partial charge in [-0.1, -0.05) is 26.0 Å². The van der Waals surface area contributed by atoms with Crippen LogP contribution in [0.1, 0.15) is 38.7 Å². The van der Waals surface area contributed by atoms with Crippen molar-refractivity contribution in [1.82, 2.24) is 4.90 Å². The van der Waals surface area contributed by atoms with Crippen LogP contribution < -0.4 is 0 Å². The Kier molecular flexibility index (Phi) is 5.16. The molecular weight excluding hydrogens is 253 g/mol. The van der Waals surface area contributed by atoms with Crippen molar-refractivity contribution in [2.75, 3.05) is 13.1 Å². The minimum atomic E-state index is -0.178. The van der Waals surface area contributed by atoms with Crippen LogP contribution in [-0.2, 0) is 11.2 Å². The fourth-order valence-corrected chi connectivity index (χ4v) is 2.82. The number of hydrogen-bond donors (Lipinski definition) is 0. The Morgan fingerprint density at radius 1 is 1.25 bits per heavy atom. The van der Waals surface area contributed by atoms with Crippen molar-refractivity contribution in [2.24, 2.45) is 11.8 Å². The number of halogens is 1. The van der Waals surface area contributed by atoms with Crippen LogP contribution in [0.2, 0.25) is 0 Å². The van der Waals surface area contributed by atoms with E-state index in [1.165, 1.54) is 17.7 Å². The first kappa shape index (κ1) is 15.0. The van der Waals surface area contributed by atoms with E-state index >= 15 is 0 Å². The highest BCUT2D eigenvalue weighted by molar-refractivity contribution is 5.76. The van der Waals surface area contributed by atoms with Gasteiger partial charge in [-0.2, -0.15) is 0 Å². The fourth-order valence-electron chi connectivity index (χ4n) is 2.82. The summed E-state index contributed by atoms with van der Waals surface area (Å²) < 4.78 is 12.9. The molecule has 0 radical (unpaired) electrons. The molecule has 0 saturated carbocycles. The zero-order valence-electron chi connectivity index (χ0n) is 12.4. The number of carbonyl (C=O) groups is 1. The summed E-state index contributed by atoms with van der Waals surface area (Å²) in [6.45, 7) is 5.91. The Morgan fingerprint density at radius 2 is 1.85 bits per heavy atom. The van der Waals surface area contributed by atoms with Crippen molar-refractivity contribution in [1.29, 1.82) is 0 Å². The predicted octanol–water partition coefficient (Wildman–Crippen LogP) is 3.65. The van der Waals surface area contributed by atoms with Gasteiger partial charge < -0.3 is 4.90 Å². The molecule has 20 heavy (non-hydrogen) atoms. The lowest BCUT2D eigenvalue weighted by Gasteiger charge is -2.32. The van der Waals surface area contributed by atoms with Gasteiger partial charge in [0.1, 0.15) is 5.82 Å². The summed E-state index contributed by atoms with van der Waals surface area (Å²) in [6.07, 6.45) is 3.76. The van der Waals surface area contributed by atoms with E-state index in [2.05, 4.69) is 13.8 Å². The molecule has 0 aliphatic carbocycles. The second kappa shape index (κ2) is 6.87. The standard InChI is InChI=1S/C17H24FNO/c1-13(2)11-17(20)19-9-7-15(8-10-19)12-14-3-5-16(18)6-4-14/h3-6,13,15H,7-12H2,1-2H3. The van der Waals surface area contributed by atoms with E-state index in [9.17, 15) is 9.18 Å². The highest BCUT2D eigenvalue weighted by Crippen LogP contribution is 2.22. The number of amides is 1. The van der Waals surface area contributed by atoms with Gasteiger partial charge in [0, 0.05) is 19.5 Å². The highest BCUT2D eigenvalue weighted by atomic mass is 19.1. The van der Waals surface area contributed by atoms with Gasteiger partial charge in [0.15, 0.2) is 0 Å². The summed E-state index contributed by atoms with van der Waals surface area (Å²) in [5.74, 6) is 1.16. The van der Waals surface area contributed by atoms with Crippen molar-refractivity contribution in [2.45, 2.75) is 39.5 Å². The molecule has 1 aliphatic rings. The third kappa shape index (κ3) is 4.32. The predicted molar refractivity (Wildman–Crippen MR) is 78.9 cm³/mol. The summed E-state index contributed by atoms with van der Waals surface area (Å²) in [5.41, 5.74) is 1.19. The Labute approximate surface area is 121 Å². The molecule has 3 heteroatoms. The molecule has 0 spiro atoms. The molecule has 110 valence electrons. The Morgan fingerprint density at radius 3 is 2.40 bits per heavy atom. The van der Waals surface area contributed by atoms with Crippen molar-refractivity contribution in [3.63, 3.8) is 0 Å². The molecule has 1 aromatic carbocycles. The van der Waals surface area contributed by atoms with E-state index < -0.39 is 0 Å². The third-order valence-electron chi connectivity index (χ3n) is 3.99. The minimum absolute atomic E-state index is 0.178. The third-order valence-corrected chi connectivity index (χ3v) is 3.99. The maximum atomic E-state index is 12.9. The van der Waals surface area contributed by atoms with Crippen LogP contribution in [0.5, 0.6) is 0 Å². The summed E-state index contributed by atoms with van der Waals surface area (Å²) in [4.78, 5) is 14.0. The number of rotatable bonds is 4. The second-order valence-corrected chi connectivity index (χ2v) is 6.25. The smallest absolute Gasteiger partial charge is 0.222 e. The molecule has 0 atom stereocenters. The lowest BCUT2D eigenvalue weighted by molar-refractivity contribution is -0.133. The summed E-state index contributed by atoms with van der Waals surface area (Å²) in [5, 5.41) is 0. The number of hydrogen-bond acceptors (Lipinski definition) is 1. The molecular formula is C17H24FNO. The van der Waals surface area contributed by atoms with Crippen molar-refractivity contribution >= 4 is 5.91 Å². The fraction of sp³-hybridized carbons (Fsp3) is 0.588. The van der Waals surface area contributed by atoms with E-state index in [0.29, 0.717) is 24.2 Å². The first-order valence-electron chi connectivity index (χ1n) is 7.57. The molecule has 1 amide bonds. The molecule has 1 saturated heterocycles. The van der Waals surface area contributed by atoms with Crippen molar-refractivity contribution < 1.29 is 9.18 Å². The number of likely N-dealkylation sites (tertiary alicyclic amines) is 1. The lowest BCUT2D eigenvalue weighted by atomic mass is 9.90. The van der Waals surface area contributed by atoms with Crippen LogP contribution >= 0.6 is 0 Å². The molecule has 0 aromatic heterocycles. The summed E-state index contributed by atoms with van der Waals surface area (Å²) in [7, 11) is 0. The molecule has 0 bridgehead atoms. The van der Waals surface area contributed by atoms with Gasteiger partial charge in [0.05, 0.1) is 0 Å². The van der Waals surface area contributed by atoms with Crippen LogP contribution in [0.4, 0.5) is 4.39 Å². The molecule has 2 rings (SSSR count). The molecule has 1 aromatic rings. The van der Waals surface area contributed by atoms with Gasteiger partial charge in [0.2, 0.25) is 5.91 Å². The van der Waals surface area contributed by atoms with Crippen LogP contribution in [0.25, 0.3) is 0 Å². The first-order valence-corrected chi connectivity index (χ1v) is 7.57. The Balaban J connectivity index is 1.79. The maximum absolute atomic E-state index is 12.9.